The average molecular weight is 248 g/mol. The van der Waals surface area contributed by atoms with Gasteiger partial charge in [-0.25, -0.2) is 0 Å². The molecule has 2 unspecified atom stereocenters. The van der Waals surface area contributed by atoms with Crippen molar-refractivity contribution in [2.24, 2.45) is 5.73 Å². The van der Waals surface area contributed by atoms with Crippen LogP contribution in [-0.2, 0) is 4.74 Å². The third-order valence-electron chi connectivity index (χ3n) is 3.34. The molecule has 1 saturated heterocycles. The molecule has 2 rings (SSSR count). The van der Waals surface area contributed by atoms with Crippen molar-refractivity contribution >= 4 is 5.91 Å². The van der Waals surface area contributed by atoms with Crippen molar-refractivity contribution in [1.82, 2.24) is 4.90 Å². The summed E-state index contributed by atoms with van der Waals surface area (Å²) in [4.78, 5) is 14.3. The Balaban J connectivity index is 2.12. The first-order valence-corrected chi connectivity index (χ1v) is 6.31. The number of carbonyl (C=O) groups is 1. The zero-order valence-electron chi connectivity index (χ0n) is 10.9. The lowest BCUT2D eigenvalue weighted by Gasteiger charge is -2.35. The van der Waals surface area contributed by atoms with Crippen LogP contribution in [0.5, 0.6) is 0 Å². The molecule has 0 saturated carbocycles. The van der Waals surface area contributed by atoms with Crippen LogP contribution in [0.25, 0.3) is 0 Å². The van der Waals surface area contributed by atoms with Crippen molar-refractivity contribution in [3.05, 3.63) is 35.4 Å². The van der Waals surface area contributed by atoms with Crippen LogP contribution in [0.3, 0.4) is 0 Å². The van der Waals surface area contributed by atoms with Crippen molar-refractivity contribution < 1.29 is 9.53 Å². The molecule has 98 valence electrons. The molecule has 1 aliphatic heterocycles. The molecular formula is C14H20N2O2. The maximum atomic E-state index is 12.4. The summed E-state index contributed by atoms with van der Waals surface area (Å²) in [6.07, 6.45) is -0.0632. The molecule has 2 N–H and O–H groups in total. The standard InChI is InChI=1S/C14H20N2O2/c1-10-5-3-4-6-12(10)14(17)16-7-8-18-13(9-16)11(2)15/h3-6,11,13H,7-9,15H2,1-2H3. The number of morpholine rings is 1. The first-order chi connectivity index (χ1) is 8.59. The monoisotopic (exact) mass is 248 g/mol. The highest BCUT2D eigenvalue weighted by Crippen LogP contribution is 2.14. The van der Waals surface area contributed by atoms with Gasteiger partial charge in [0.05, 0.1) is 12.7 Å². The van der Waals surface area contributed by atoms with Gasteiger partial charge in [-0.3, -0.25) is 4.79 Å². The van der Waals surface area contributed by atoms with Gasteiger partial charge in [-0.2, -0.15) is 0 Å². The highest BCUT2D eigenvalue weighted by Gasteiger charge is 2.27. The molecular weight excluding hydrogens is 228 g/mol. The Bertz CT molecular complexity index is 432. The van der Waals surface area contributed by atoms with Crippen LogP contribution in [0.1, 0.15) is 22.8 Å². The van der Waals surface area contributed by atoms with Gasteiger partial charge in [0, 0.05) is 24.7 Å². The zero-order chi connectivity index (χ0) is 13.1. The zero-order valence-corrected chi connectivity index (χ0v) is 10.9. The molecule has 1 aliphatic rings. The van der Waals surface area contributed by atoms with E-state index in [1.165, 1.54) is 0 Å². The fraction of sp³-hybridized carbons (Fsp3) is 0.500. The van der Waals surface area contributed by atoms with Gasteiger partial charge in [0.25, 0.3) is 5.91 Å². The molecule has 1 aromatic carbocycles. The van der Waals surface area contributed by atoms with E-state index in [4.69, 9.17) is 10.5 Å². The summed E-state index contributed by atoms with van der Waals surface area (Å²) >= 11 is 0. The summed E-state index contributed by atoms with van der Waals surface area (Å²) in [5.41, 5.74) is 7.61. The van der Waals surface area contributed by atoms with Gasteiger partial charge < -0.3 is 15.4 Å². The van der Waals surface area contributed by atoms with E-state index in [9.17, 15) is 4.79 Å². The number of amides is 1. The third kappa shape index (κ3) is 2.71. The molecule has 2 atom stereocenters. The average Bonchev–Trinajstić information content (AvgIpc) is 2.38. The van der Waals surface area contributed by atoms with E-state index in [0.717, 1.165) is 11.1 Å². The molecule has 0 aliphatic carbocycles. The summed E-state index contributed by atoms with van der Waals surface area (Å²) in [7, 11) is 0. The molecule has 1 fully saturated rings. The third-order valence-corrected chi connectivity index (χ3v) is 3.34. The van der Waals surface area contributed by atoms with Gasteiger partial charge in [0.1, 0.15) is 0 Å². The number of carbonyl (C=O) groups excluding carboxylic acids is 1. The van der Waals surface area contributed by atoms with Crippen LogP contribution in [0.2, 0.25) is 0 Å². The molecule has 0 radical (unpaired) electrons. The lowest BCUT2D eigenvalue weighted by molar-refractivity contribution is -0.0300. The Morgan fingerprint density at radius 3 is 2.89 bits per heavy atom. The van der Waals surface area contributed by atoms with E-state index >= 15 is 0 Å². The van der Waals surface area contributed by atoms with E-state index in [-0.39, 0.29) is 18.1 Å². The summed E-state index contributed by atoms with van der Waals surface area (Å²) in [5, 5.41) is 0. The molecule has 1 amide bonds. The number of benzene rings is 1. The second kappa shape index (κ2) is 5.50. The van der Waals surface area contributed by atoms with Gasteiger partial charge in [0.2, 0.25) is 0 Å². The minimum Gasteiger partial charge on any atom is -0.373 e. The van der Waals surface area contributed by atoms with Crippen molar-refractivity contribution in [3.8, 4) is 0 Å². The van der Waals surface area contributed by atoms with E-state index in [1.54, 1.807) is 0 Å². The first-order valence-electron chi connectivity index (χ1n) is 6.31. The minimum atomic E-state index is -0.0632. The Morgan fingerprint density at radius 1 is 1.50 bits per heavy atom. The number of nitrogens with two attached hydrogens (primary N) is 1. The van der Waals surface area contributed by atoms with E-state index < -0.39 is 0 Å². The van der Waals surface area contributed by atoms with Gasteiger partial charge in [0.15, 0.2) is 0 Å². The Labute approximate surface area is 108 Å². The summed E-state index contributed by atoms with van der Waals surface area (Å²) in [6.45, 7) is 5.63. The van der Waals surface area contributed by atoms with Crippen LogP contribution in [0, 0.1) is 6.92 Å². The van der Waals surface area contributed by atoms with Gasteiger partial charge in [-0.1, -0.05) is 18.2 Å². The van der Waals surface area contributed by atoms with Crippen LogP contribution >= 0.6 is 0 Å². The number of hydrogen-bond acceptors (Lipinski definition) is 3. The highest BCUT2D eigenvalue weighted by molar-refractivity contribution is 5.95. The predicted molar refractivity (Wildman–Crippen MR) is 70.5 cm³/mol. The highest BCUT2D eigenvalue weighted by atomic mass is 16.5. The lowest BCUT2D eigenvalue weighted by atomic mass is 10.1. The molecule has 4 nitrogen and oxygen atoms in total. The van der Waals surface area contributed by atoms with Crippen LogP contribution < -0.4 is 5.73 Å². The maximum Gasteiger partial charge on any atom is 0.254 e. The van der Waals surface area contributed by atoms with Crippen molar-refractivity contribution in [3.63, 3.8) is 0 Å². The fourth-order valence-corrected chi connectivity index (χ4v) is 2.16. The number of aryl methyl sites for hydroxylation is 1. The number of rotatable bonds is 2. The summed E-state index contributed by atoms with van der Waals surface area (Å²) in [6, 6.07) is 7.60. The van der Waals surface area contributed by atoms with Crippen molar-refractivity contribution in [2.75, 3.05) is 19.7 Å². The van der Waals surface area contributed by atoms with Crippen molar-refractivity contribution in [1.29, 1.82) is 0 Å². The molecule has 1 aromatic rings. The van der Waals surface area contributed by atoms with Crippen LogP contribution in [0.4, 0.5) is 0 Å². The van der Waals surface area contributed by atoms with E-state index in [1.807, 2.05) is 43.0 Å². The molecule has 4 heteroatoms. The lowest BCUT2D eigenvalue weighted by Crippen LogP contribution is -2.51. The molecule has 1 heterocycles. The second-order valence-corrected chi connectivity index (χ2v) is 4.83. The Kier molecular flexibility index (Phi) is 3.99. The maximum absolute atomic E-state index is 12.4. The SMILES string of the molecule is Cc1ccccc1C(=O)N1CCOC(C(C)N)C1. The Morgan fingerprint density at radius 2 is 2.22 bits per heavy atom. The van der Waals surface area contributed by atoms with Crippen molar-refractivity contribution in [2.45, 2.75) is 26.0 Å². The van der Waals surface area contributed by atoms with Gasteiger partial charge in [-0.15, -0.1) is 0 Å². The van der Waals surface area contributed by atoms with Gasteiger partial charge >= 0.3 is 0 Å². The normalized spacial score (nSPS) is 21.7. The molecule has 0 aromatic heterocycles. The minimum absolute atomic E-state index is 0.0579. The van der Waals surface area contributed by atoms with E-state index in [2.05, 4.69) is 0 Å². The number of ether oxygens (including phenoxy) is 1. The summed E-state index contributed by atoms with van der Waals surface area (Å²) in [5.74, 6) is 0.0713. The first kappa shape index (κ1) is 13.1. The number of nitrogens with zero attached hydrogens (tertiary/aromatic N) is 1. The second-order valence-electron chi connectivity index (χ2n) is 4.83. The molecule has 0 spiro atoms. The van der Waals surface area contributed by atoms with E-state index in [0.29, 0.717) is 19.7 Å². The smallest absolute Gasteiger partial charge is 0.254 e. The molecule has 18 heavy (non-hydrogen) atoms. The quantitative estimate of drug-likeness (QED) is 0.855. The topological polar surface area (TPSA) is 55.6 Å². The molecule has 0 bridgehead atoms. The predicted octanol–water partition coefficient (Wildman–Crippen LogP) is 1.18. The van der Waals surface area contributed by atoms with Crippen LogP contribution in [-0.4, -0.2) is 42.6 Å². The number of hydrogen-bond donors (Lipinski definition) is 1. The fourth-order valence-electron chi connectivity index (χ4n) is 2.16. The van der Waals surface area contributed by atoms with Gasteiger partial charge in [-0.05, 0) is 25.5 Å². The summed E-state index contributed by atoms with van der Waals surface area (Å²) < 4.78 is 5.57. The largest absolute Gasteiger partial charge is 0.373 e. The Hall–Kier alpha value is -1.39. The van der Waals surface area contributed by atoms with Crippen LogP contribution in [0.15, 0.2) is 24.3 Å².